The predicted octanol–water partition coefficient (Wildman–Crippen LogP) is 11.0. The molecule has 6 heterocycles. The van der Waals surface area contributed by atoms with Crippen LogP contribution in [0.25, 0.3) is 65.9 Å². The van der Waals surface area contributed by atoms with Crippen molar-refractivity contribution in [2.24, 2.45) is 0 Å². The third-order valence-electron chi connectivity index (χ3n) is 12.5. The lowest BCUT2D eigenvalue weighted by Crippen LogP contribution is -2.22. The number of allylic oxidation sites excluding steroid dienone is 3. The zero-order valence-corrected chi connectivity index (χ0v) is 38.4. The Hall–Kier alpha value is -6.60. The van der Waals surface area contributed by atoms with Crippen molar-refractivity contribution in [3.8, 4) is 0 Å². The van der Waals surface area contributed by atoms with Crippen LogP contribution in [0.15, 0.2) is 134 Å². The van der Waals surface area contributed by atoms with E-state index in [4.69, 9.17) is 51.5 Å². The Kier molecular flexibility index (Phi) is 12.0. The van der Waals surface area contributed by atoms with E-state index in [1.807, 2.05) is 114 Å². The van der Waals surface area contributed by atoms with Crippen molar-refractivity contribution in [3.05, 3.63) is 166 Å². The van der Waals surface area contributed by atoms with Crippen molar-refractivity contribution in [2.45, 2.75) is 48.6 Å². The van der Waals surface area contributed by atoms with Gasteiger partial charge in [-0.1, -0.05) is 120 Å². The molecule has 0 bridgehead atoms. The summed E-state index contributed by atoms with van der Waals surface area (Å²) in [7, 11) is 0. The number of amides is 4. The summed E-state index contributed by atoms with van der Waals surface area (Å²) in [5.41, 5.74) is 7.27. The van der Waals surface area contributed by atoms with Gasteiger partial charge in [-0.05, 0) is 49.9 Å². The number of carbonyl (C=O) groups is 4. The van der Waals surface area contributed by atoms with Crippen molar-refractivity contribution in [1.82, 2.24) is 30.2 Å². The summed E-state index contributed by atoms with van der Waals surface area (Å²) in [5, 5.41) is 18.1. The van der Waals surface area contributed by atoms with Crippen LogP contribution in [0.2, 0.25) is 10.3 Å². The lowest BCUT2D eigenvalue weighted by atomic mass is 9.95. The molecule has 67 heavy (non-hydrogen) atoms. The largest absolute Gasteiger partial charge is 0.389 e. The summed E-state index contributed by atoms with van der Waals surface area (Å²) in [6, 6.07) is 30.7. The number of aliphatic hydroxyl groups excluding tert-OH is 1. The lowest BCUT2D eigenvalue weighted by Gasteiger charge is -2.23. The molecule has 0 spiro atoms. The molecule has 0 saturated heterocycles. The minimum atomic E-state index is -0.443. The second-order valence-electron chi connectivity index (χ2n) is 16.6. The lowest BCUT2D eigenvalue weighted by molar-refractivity contribution is -0.124. The monoisotopic (exact) mass is 968 g/mol. The van der Waals surface area contributed by atoms with E-state index in [1.165, 1.54) is 0 Å². The fourth-order valence-electron chi connectivity index (χ4n) is 9.36. The summed E-state index contributed by atoms with van der Waals surface area (Å²) in [6.07, 6.45) is 14.3. The summed E-state index contributed by atoms with van der Waals surface area (Å²) in [4.78, 5) is 60.9. The molecule has 0 saturated carbocycles. The number of aromatic nitrogens is 4. The van der Waals surface area contributed by atoms with Crippen LogP contribution < -0.4 is 10.6 Å². The number of benzene rings is 4. The average molecular weight is 971 g/mol. The van der Waals surface area contributed by atoms with Crippen molar-refractivity contribution in [1.29, 1.82) is 0 Å². The van der Waals surface area contributed by atoms with Crippen molar-refractivity contribution >= 4 is 136 Å². The standard InChI is InChI=1S/C26H19Cl2N3O2.C20H12ClN3O2.C6H9ClO/c27-14-9-11-15(12-10-14)31-20-8-4-2-6-17(20)21(24(31)28)23-22(25(32)30-26(23)33)18-13-29-19-7-3-1-5-16(18)19;21-18-15(11-6-2-4-8-14(11)23-18)17-16(19(25)24-20(17)26)12-9-22-13-7-3-1-5-10(12)13;7-5-1-3-6(8)4-2-5/h1-9,11,13-15,29H,10,12H2,(H,30,32,33);1-9,22-23H,(H,24,25,26);1,3,5-6,8H,2,4H2/t14-,15?;;5-,6+/m0.0/s1. The van der Waals surface area contributed by atoms with Crippen LogP contribution in [0.4, 0.5) is 0 Å². The molecule has 1 unspecified atom stereocenters. The number of nitrogens with zero attached hydrogens (tertiary/aromatic N) is 1. The number of fused-ring (bicyclic) bond motifs is 4. The van der Waals surface area contributed by atoms with E-state index >= 15 is 0 Å². The highest BCUT2D eigenvalue weighted by atomic mass is 35.5. The number of imide groups is 2. The first-order valence-corrected chi connectivity index (χ1v) is 23.3. The Morgan fingerprint density at radius 1 is 0.507 bits per heavy atom. The number of aliphatic hydroxyl groups is 1. The fraction of sp³-hybridized carbons (Fsp3) is 0.154. The SMILES string of the molecule is O=C1NC(=O)C(c2c(Cl)[nH]c3ccccc23)=C1c1c[nH]c2ccccc12.O=C1NC(=O)C(c2c(Cl)n(C3C=C[C@H](Cl)CC3)c3ccccc23)=C1c1c[nH]c2ccccc12.O[C@@H]1C=C[C@H](Cl)CC1. The molecule has 15 heteroatoms. The summed E-state index contributed by atoms with van der Waals surface area (Å²) < 4.78 is 2.04. The average Bonchev–Trinajstić information content (AvgIpc) is 4.18. The van der Waals surface area contributed by atoms with E-state index in [0.29, 0.717) is 54.9 Å². The van der Waals surface area contributed by atoms with Crippen LogP contribution in [0.5, 0.6) is 0 Å². The number of hydrogen-bond donors (Lipinski definition) is 6. The molecular formula is C52H40Cl4N6O5. The Morgan fingerprint density at radius 3 is 1.52 bits per heavy atom. The highest BCUT2D eigenvalue weighted by molar-refractivity contribution is 6.53. The highest BCUT2D eigenvalue weighted by Crippen LogP contribution is 2.45. The maximum absolute atomic E-state index is 13.2. The smallest absolute Gasteiger partial charge is 0.259 e. The molecule has 11 nitrogen and oxygen atoms in total. The third kappa shape index (κ3) is 8.10. The van der Waals surface area contributed by atoms with Crippen LogP contribution in [-0.4, -0.2) is 65.1 Å². The Bertz CT molecular complexity index is 3450. The number of nitrogens with one attached hydrogen (secondary N) is 5. The van der Waals surface area contributed by atoms with Gasteiger partial charge in [-0.3, -0.25) is 29.8 Å². The van der Waals surface area contributed by atoms with Gasteiger partial charge in [-0.2, -0.15) is 0 Å². The molecule has 4 aromatic heterocycles. The summed E-state index contributed by atoms with van der Waals surface area (Å²) in [5.74, 6) is -1.72. The second-order valence-corrected chi connectivity index (χ2v) is 18.4. The number of aromatic amines is 3. The van der Waals surface area contributed by atoms with E-state index in [0.717, 1.165) is 69.3 Å². The molecule has 4 aromatic carbocycles. The van der Waals surface area contributed by atoms with Crippen LogP contribution in [0, 0.1) is 0 Å². The van der Waals surface area contributed by atoms with Gasteiger partial charge in [0, 0.05) is 72.7 Å². The Labute approximate surface area is 403 Å². The second kappa shape index (κ2) is 18.2. The first-order valence-electron chi connectivity index (χ1n) is 21.7. The van der Waals surface area contributed by atoms with E-state index < -0.39 is 23.6 Å². The van der Waals surface area contributed by atoms with Gasteiger partial charge in [-0.15, -0.1) is 23.2 Å². The van der Waals surface area contributed by atoms with E-state index in [2.05, 4.69) is 31.7 Å². The maximum Gasteiger partial charge on any atom is 0.259 e. The molecule has 6 N–H and O–H groups in total. The molecule has 0 fully saturated rings. The highest BCUT2D eigenvalue weighted by Gasteiger charge is 2.38. The first kappa shape index (κ1) is 44.2. The fourth-order valence-corrected chi connectivity index (χ4v) is 10.5. The number of alkyl halides is 2. The number of H-pyrrole nitrogens is 3. The Balaban J connectivity index is 0.000000137. The van der Waals surface area contributed by atoms with Gasteiger partial charge in [-0.25, -0.2) is 0 Å². The first-order chi connectivity index (χ1) is 32.5. The molecular weight excluding hydrogens is 930 g/mol. The van der Waals surface area contributed by atoms with Crippen molar-refractivity contribution in [3.63, 3.8) is 0 Å². The van der Waals surface area contributed by atoms with Gasteiger partial charge in [0.2, 0.25) is 0 Å². The van der Waals surface area contributed by atoms with Gasteiger partial charge >= 0.3 is 0 Å². The molecule has 0 radical (unpaired) electrons. The normalized spacial score (nSPS) is 20.5. The third-order valence-corrected chi connectivity index (χ3v) is 13.9. The summed E-state index contributed by atoms with van der Waals surface area (Å²) in [6.45, 7) is 0. The molecule has 2 aliphatic carbocycles. The Morgan fingerprint density at radius 2 is 0.985 bits per heavy atom. The number of rotatable bonds is 5. The molecule has 8 aromatic rings. The molecule has 12 rings (SSSR count). The van der Waals surface area contributed by atoms with Gasteiger partial charge in [0.25, 0.3) is 23.6 Å². The van der Waals surface area contributed by atoms with Gasteiger partial charge < -0.3 is 24.6 Å². The van der Waals surface area contributed by atoms with E-state index in [1.54, 1.807) is 18.5 Å². The van der Waals surface area contributed by atoms with E-state index in [9.17, 15) is 19.2 Å². The van der Waals surface area contributed by atoms with Crippen LogP contribution >= 0.6 is 46.4 Å². The van der Waals surface area contributed by atoms with Gasteiger partial charge in [0.05, 0.1) is 50.7 Å². The van der Waals surface area contributed by atoms with Gasteiger partial charge in [0.15, 0.2) is 0 Å². The van der Waals surface area contributed by atoms with Gasteiger partial charge in [0.1, 0.15) is 10.3 Å². The molecule has 4 atom stereocenters. The zero-order valence-electron chi connectivity index (χ0n) is 35.4. The van der Waals surface area contributed by atoms with Crippen LogP contribution in [0.3, 0.4) is 0 Å². The summed E-state index contributed by atoms with van der Waals surface area (Å²) >= 11 is 25.4. The molecule has 336 valence electrons. The number of hydrogen-bond acceptors (Lipinski definition) is 5. The molecule has 2 aliphatic heterocycles. The topological polar surface area (TPSA) is 165 Å². The quantitative estimate of drug-likeness (QED) is 0.0573. The molecule has 4 aliphatic rings. The predicted molar refractivity (Wildman–Crippen MR) is 268 cm³/mol. The van der Waals surface area contributed by atoms with Crippen LogP contribution in [0.1, 0.15) is 54.0 Å². The molecule has 4 amide bonds. The zero-order chi connectivity index (χ0) is 46.5. The number of carbonyl (C=O) groups excluding carboxylic acids is 4. The number of para-hydroxylation sites is 4. The number of halogens is 4. The van der Waals surface area contributed by atoms with Crippen molar-refractivity contribution in [2.75, 3.05) is 0 Å². The minimum Gasteiger partial charge on any atom is -0.389 e. The minimum absolute atomic E-state index is 0.00994. The van der Waals surface area contributed by atoms with Crippen molar-refractivity contribution < 1.29 is 24.3 Å². The van der Waals surface area contributed by atoms with Crippen LogP contribution in [-0.2, 0) is 19.2 Å². The van der Waals surface area contributed by atoms with E-state index in [-0.39, 0.29) is 22.9 Å². The maximum atomic E-state index is 13.2.